The summed E-state index contributed by atoms with van der Waals surface area (Å²) in [5.74, 6) is -0.628. The van der Waals surface area contributed by atoms with Gasteiger partial charge in [0.2, 0.25) is 0 Å². The smallest absolute Gasteiger partial charge is 0.291 e. The van der Waals surface area contributed by atoms with Gasteiger partial charge >= 0.3 is 0 Å². The Morgan fingerprint density at radius 1 is 1.15 bits per heavy atom. The van der Waals surface area contributed by atoms with E-state index >= 15 is 0 Å². The van der Waals surface area contributed by atoms with Gasteiger partial charge in [0.25, 0.3) is 5.91 Å². The first kappa shape index (κ1) is 19.0. The van der Waals surface area contributed by atoms with Crippen molar-refractivity contribution in [1.82, 2.24) is 0 Å². The summed E-state index contributed by atoms with van der Waals surface area (Å²) in [6, 6.07) is 14.3. The van der Waals surface area contributed by atoms with Crippen LogP contribution in [0.4, 0.5) is 5.69 Å². The van der Waals surface area contributed by atoms with Gasteiger partial charge in [0.05, 0.1) is 29.7 Å². The molecule has 1 amide bonds. The van der Waals surface area contributed by atoms with E-state index in [0.717, 1.165) is 0 Å². The van der Waals surface area contributed by atoms with Gasteiger partial charge in [-0.15, -0.1) is 0 Å². The highest BCUT2D eigenvalue weighted by Crippen LogP contribution is 2.29. The number of halogens is 1. The molecule has 8 heteroatoms. The lowest BCUT2D eigenvalue weighted by Gasteiger charge is -2.10. The second-order valence-corrected chi connectivity index (χ2v) is 8.07. The molecule has 1 heterocycles. The average molecular weight is 406 g/mol. The first-order valence-electron chi connectivity index (χ1n) is 7.90. The van der Waals surface area contributed by atoms with Crippen LogP contribution in [0.2, 0.25) is 5.02 Å². The molecule has 0 aliphatic rings. The highest BCUT2D eigenvalue weighted by molar-refractivity contribution is 7.90. The third-order valence-corrected chi connectivity index (χ3v) is 5.73. The van der Waals surface area contributed by atoms with Crippen LogP contribution >= 0.6 is 11.6 Å². The van der Waals surface area contributed by atoms with Crippen molar-refractivity contribution in [3.63, 3.8) is 0 Å². The lowest BCUT2D eigenvalue weighted by Crippen LogP contribution is -2.15. The quantitative estimate of drug-likeness (QED) is 0.665. The molecular weight excluding hydrogens is 390 g/mol. The van der Waals surface area contributed by atoms with Crippen LogP contribution in [-0.2, 0) is 15.6 Å². The monoisotopic (exact) mass is 405 g/mol. The zero-order valence-electron chi connectivity index (χ0n) is 14.3. The number of carbonyl (C=O) groups is 1. The summed E-state index contributed by atoms with van der Waals surface area (Å²) < 4.78 is 35.6. The molecule has 0 spiro atoms. The lowest BCUT2D eigenvalue weighted by atomic mass is 10.2. The van der Waals surface area contributed by atoms with E-state index in [0.29, 0.717) is 16.5 Å². The highest BCUT2D eigenvalue weighted by atomic mass is 35.5. The Hall–Kier alpha value is -2.77. The molecule has 2 aromatic carbocycles. The molecule has 140 valence electrons. The maximum atomic E-state index is 12.6. The Bertz CT molecular complexity index is 1060. The van der Waals surface area contributed by atoms with Gasteiger partial charge < -0.3 is 14.5 Å². The minimum atomic E-state index is -3.62. The molecule has 0 unspecified atom stereocenters. The fourth-order valence-corrected chi connectivity index (χ4v) is 4.07. The topological polar surface area (TPSA) is 85.6 Å². The van der Waals surface area contributed by atoms with Crippen LogP contribution < -0.4 is 10.1 Å². The zero-order chi connectivity index (χ0) is 19.4. The number of methoxy groups -OCH3 is 1. The number of nitrogens with one attached hydrogen (secondary N) is 1. The van der Waals surface area contributed by atoms with Crippen molar-refractivity contribution in [2.45, 2.75) is 10.6 Å². The van der Waals surface area contributed by atoms with Gasteiger partial charge in [-0.1, -0.05) is 29.8 Å². The summed E-state index contributed by atoms with van der Waals surface area (Å²) in [7, 11) is -2.16. The zero-order valence-corrected chi connectivity index (χ0v) is 15.9. The van der Waals surface area contributed by atoms with Crippen LogP contribution in [0.5, 0.6) is 5.75 Å². The minimum Gasteiger partial charge on any atom is -0.495 e. The second-order valence-electron chi connectivity index (χ2n) is 5.65. The lowest BCUT2D eigenvalue weighted by molar-refractivity contribution is 0.0995. The molecule has 6 nitrogen and oxygen atoms in total. The van der Waals surface area contributed by atoms with Gasteiger partial charge in [-0.2, -0.15) is 0 Å². The van der Waals surface area contributed by atoms with Crippen LogP contribution in [0.3, 0.4) is 0 Å². The van der Waals surface area contributed by atoms with Crippen LogP contribution in [0.1, 0.15) is 16.1 Å². The van der Waals surface area contributed by atoms with E-state index < -0.39 is 15.7 Å². The van der Waals surface area contributed by atoms with E-state index in [4.69, 9.17) is 20.8 Å². The fraction of sp³-hybridized carbons (Fsp3) is 0.105. The van der Waals surface area contributed by atoms with Gasteiger partial charge in [-0.3, -0.25) is 4.79 Å². The summed E-state index contributed by atoms with van der Waals surface area (Å²) >= 11 is 5.96. The van der Waals surface area contributed by atoms with Crippen LogP contribution in [0, 0.1) is 0 Å². The van der Waals surface area contributed by atoms with E-state index in [2.05, 4.69) is 5.32 Å². The molecule has 0 saturated heterocycles. The van der Waals surface area contributed by atoms with E-state index in [1.807, 2.05) is 0 Å². The van der Waals surface area contributed by atoms with Gasteiger partial charge in [0, 0.05) is 10.6 Å². The predicted molar refractivity (Wildman–Crippen MR) is 102 cm³/mol. The van der Waals surface area contributed by atoms with E-state index in [1.54, 1.807) is 30.3 Å². The summed E-state index contributed by atoms with van der Waals surface area (Å²) in [6.07, 6.45) is 1.28. The predicted octanol–water partition coefficient (Wildman–Crippen LogP) is 4.17. The average Bonchev–Trinajstić information content (AvgIpc) is 3.10. The third-order valence-electron chi connectivity index (χ3n) is 3.81. The molecular formula is C19H16ClNO5S. The van der Waals surface area contributed by atoms with Crippen molar-refractivity contribution < 1.29 is 22.4 Å². The Kier molecular flexibility index (Phi) is 5.53. The number of sulfone groups is 1. The molecule has 1 N–H and O–H groups in total. The summed E-state index contributed by atoms with van der Waals surface area (Å²) in [5, 5.41) is 3.05. The first-order chi connectivity index (χ1) is 12.9. The normalized spacial score (nSPS) is 11.2. The summed E-state index contributed by atoms with van der Waals surface area (Å²) in [5.41, 5.74) is 0.612. The molecule has 0 bridgehead atoms. The number of ether oxygens (including phenoxy) is 1. The number of rotatable bonds is 6. The van der Waals surface area contributed by atoms with Crippen molar-refractivity contribution in [2.75, 3.05) is 12.4 Å². The molecule has 0 radical (unpaired) electrons. The first-order valence-corrected chi connectivity index (χ1v) is 9.93. The largest absolute Gasteiger partial charge is 0.495 e. The molecule has 0 atom stereocenters. The van der Waals surface area contributed by atoms with Gasteiger partial charge in [0.1, 0.15) is 5.75 Å². The second kappa shape index (κ2) is 7.85. The molecule has 0 aliphatic heterocycles. The van der Waals surface area contributed by atoms with Crippen LogP contribution in [-0.4, -0.2) is 21.4 Å². The Morgan fingerprint density at radius 3 is 2.59 bits per heavy atom. The van der Waals surface area contributed by atoms with Crippen molar-refractivity contribution in [1.29, 1.82) is 0 Å². The van der Waals surface area contributed by atoms with Crippen molar-refractivity contribution in [3.05, 3.63) is 77.2 Å². The molecule has 27 heavy (non-hydrogen) atoms. The number of carbonyl (C=O) groups excluding carboxylic acids is 1. The molecule has 3 aromatic rings. The Morgan fingerprint density at radius 2 is 1.89 bits per heavy atom. The molecule has 0 saturated carbocycles. The molecule has 3 rings (SSSR count). The van der Waals surface area contributed by atoms with Gasteiger partial charge in [-0.25, -0.2) is 8.42 Å². The van der Waals surface area contributed by atoms with E-state index in [-0.39, 0.29) is 22.0 Å². The maximum Gasteiger partial charge on any atom is 0.291 e. The third kappa shape index (κ3) is 4.32. The van der Waals surface area contributed by atoms with Crippen molar-refractivity contribution >= 4 is 33.0 Å². The van der Waals surface area contributed by atoms with Crippen LogP contribution in [0.15, 0.2) is 70.2 Å². The van der Waals surface area contributed by atoms with Gasteiger partial charge in [0.15, 0.2) is 15.6 Å². The highest BCUT2D eigenvalue weighted by Gasteiger charge is 2.23. The standard InChI is InChI=1S/C19H16ClNO5S/c1-25-17-8-7-14(20)11-16(17)21-19(22)18-13(9-10-26-18)12-27(23,24)15-5-3-2-4-6-15/h2-11H,12H2,1H3,(H,21,22). The number of hydrogen-bond donors (Lipinski definition) is 1. The molecule has 0 fully saturated rings. The summed E-state index contributed by atoms with van der Waals surface area (Å²) in [6.45, 7) is 0. The number of hydrogen-bond acceptors (Lipinski definition) is 5. The Balaban J connectivity index is 1.85. The maximum absolute atomic E-state index is 12.6. The SMILES string of the molecule is COc1ccc(Cl)cc1NC(=O)c1occc1CS(=O)(=O)c1ccccc1. The Labute approximate surface area is 161 Å². The molecule has 1 aromatic heterocycles. The summed E-state index contributed by atoms with van der Waals surface area (Å²) in [4.78, 5) is 12.8. The van der Waals surface area contributed by atoms with Gasteiger partial charge in [-0.05, 0) is 36.4 Å². The van der Waals surface area contributed by atoms with Crippen LogP contribution in [0.25, 0.3) is 0 Å². The van der Waals surface area contributed by atoms with E-state index in [1.165, 1.54) is 37.6 Å². The minimum absolute atomic E-state index is 0.0865. The number of anilines is 1. The van der Waals surface area contributed by atoms with Crippen molar-refractivity contribution in [2.24, 2.45) is 0 Å². The van der Waals surface area contributed by atoms with E-state index in [9.17, 15) is 13.2 Å². The fourth-order valence-electron chi connectivity index (χ4n) is 2.52. The number of furan rings is 1. The number of benzene rings is 2. The number of amides is 1. The van der Waals surface area contributed by atoms with Crippen molar-refractivity contribution in [3.8, 4) is 5.75 Å². The molecule has 0 aliphatic carbocycles.